The molecule has 0 atom stereocenters. The number of para-hydroxylation sites is 1. The van der Waals surface area contributed by atoms with Crippen LogP contribution in [0.5, 0.6) is 5.75 Å². The molecule has 1 aromatic carbocycles. The van der Waals surface area contributed by atoms with Gasteiger partial charge < -0.3 is 9.47 Å². The largest absolute Gasteiger partial charge is 0.496 e. The van der Waals surface area contributed by atoms with E-state index in [9.17, 15) is 0 Å². The third kappa shape index (κ3) is 2.45. The lowest BCUT2D eigenvalue weighted by Crippen LogP contribution is -1.96. The summed E-state index contributed by atoms with van der Waals surface area (Å²) in [7, 11) is 3.34. The summed E-state index contributed by atoms with van der Waals surface area (Å²) >= 11 is 0. The van der Waals surface area contributed by atoms with E-state index in [4.69, 9.17) is 9.47 Å². The predicted molar refractivity (Wildman–Crippen MR) is 66.9 cm³/mol. The van der Waals surface area contributed by atoms with Crippen molar-refractivity contribution >= 4 is 0 Å². The van der Waals surface area contributed by atoms with Crippen molar-refractivity contribution in [2.75, 3.05) is 14.2 Å². The Hall–Kier alpha value is -1.87. The van der Waals surface area contributed by atoms with Gasteiger partial charge in [0.05, 0.1) is 19.4 Å². The van der Waals surface area contributed by atoms with Gasteiger partial charge in [-0.3, -0.25) is 4.98 Å². The predicted octanol–water partition coefficient (Wildman–Crippen LogP) is 2.90. The minimum atomic E-state index is 0.543. The number of methoxy groups -OCH3 is 2. The van der Waals surface area contributed by atoms with Gasteiger partial charge in [0.2, 0.25) is 0 Å². The van der Waals surface area contributed by atoms with E-state index in [2.05, 4.69) is 4.98 Å². The molecule has 2 rings (SSSR count). The molecule has 0 saturated heterocycles. The summed E-state index contributed by atoms with van der Waals surface area (Å²) < 4.78 is 10.5. The summed E-state index contributed by atoms with van der Waals surface area (Å²) in [4.78, 5) is 4.42. The highest BCUT2D eigenvalue weighted by atomic mass is 16.5. The standard InChI is InChI=1S/C14H15NO2/c1-16-10-11-6-5-9-15-14(11)12-7-3-4-8-13(12)17-2/h3-9H,10H2,1-2H3. The zero-order valence-corrected chi connectivity index (χ0v) is 10.0. The van der Waals surface area contributed by atoms with Crippen LogP contribution >= 0.6 is 0 Å². The Kier molecular flexibility index (Phi) is 3.73. The van der Waals surface area contributed by atoms with E-state index in [1.54, 1.807) is 20.4 Å². The number of aromatic nitrogens is 1. The summed E-state index contributed by atoms with van der Waals surface area (Å²) in [5.74, 6) is 0.823. The minimum Gasteiger partial charge on any atom is -0.496 e. The van der Waals surface area contributed by atoms with E-state index < -0.39 is 0 Å². The molecule has 1 heterocycles. The minimum absolute atomic E-state index is 0.543. The Morgan fingerprint density at radius 3 is 2.65 bits per heavy atom. The molecule has 2 aromatic rings. The van der Waals surface area contributed by atoms with Crippen molar-refractivity contribution < 1.29 is 9.47 Å². The Balaban J connectivity index is 2.52. The van der Waals surface area contributed by atoms with Crippen LogP contribution in [-0.2, 0) is 11.3 Å². The maximum Gasteiger partial charge on any atom is 0.128 e. The van der Waals surface area contributed by atoms with Crippen LogP contribution in [0.3, 0.4) is 0 Å². The van der Waals surface area contributed by atoms with Crippen molar-refractivity contribution in [1.82, 2.24) is 4.98 Å². The first-order valence-corrected chi connectivity index (χ1v) is 5.43. The van der Waals surface area contributed by atoms with Gasteiger partial charge in [-0.2, -0.15) is 0 Å². The first-order chi connectivity index (χ1) is 8.36. The molecule has 0 aliphatic rings. The highest BCUT2D eigenvalue weighted by molar-refractivity contribution is 5.69. The van der Waals surface area contributed by atoms with Crippen molar-refractivity contribution in [3.63, 3.8) is 0 Å². The first-order valence-electron chi connectivity index (χ1n) is 5.43. The molecule has 0 fully saturated rings. The van der Waals surface area contributed by atoms with Gasteiger partial charge in [0.15, 0.2) is 0 Å². The molecule has 0 saturated carbocycles. The highest BCUT2D eigenvalue weighted by Crippen LogP contribution is 2.30. The van der Waals surface area contributed by atoms with Gasteiger partial charge in [-0.25, -0.2) is 0 Å². The lowest BCUT2D eigenvalue weighted by Gasteiger charge is -2.11. The molecule has 0 spiro atoms. The van der Waals surface area contributed by atoms with Gasteiger partial charge in [-0.05, 0) is 18.2 Å². The van der Waals surface area contributed by atoms with Gasteiger partial charge in [-0.15, -0.1) is 0 Å². The smallest absolute Gasteiger partial charge is 0.128 e. The number of nitrogens with zero attached hydrogens (tertiary/aromatic N) is 1. The van der Waals surface area contributed by atoms with Crippen molar-refractivity contribution in [3.8, 4) is 17.0 Å². The van der Waals surface area contributed by atoms with Gasteiger partial charge in [0, 0.05) is 24.4 Å². The van der Waals surface area contributed by atoms with Crippen molar-refractivity contribution in [2.24, 2.45) is 0 Å². The fourth-order valence-corrected chi connectivity index (χ4v) is 1.79. The fourth-order valence-electron chi connectivity index (χ4n) is 1.79. The molecule has 0 aliphatic heterocycles. The van der Waals surface area contributed by atoms with Gasteiger partial charge >= 0.3 is 0 Å². The van der Waals surface area contributed by atoms with E-state index >= 15 is 0 Å². The van der Waals surface area contributed by atoms with Crippen LogP contribution in [0.25, 0.3) is 11.3 Å². The number of pyridine rings is 1. The second kappa shape index (κ2) is 5.46. The van der Waals surface area contributed by atoms with Crippen LogP contribution in [0.4, 0.5) is 0 Å². The Morgan fingerprint density at radius 2 is 1.88 bits per heavy atom. The topological polar surface area (TPSA) is 31.4 Å². The summed E-state index contributed by atoms with van der Waals surface area (Å²) in [5, 5.41) is 0. The maximum atomic E-state index is 5.35. The first kappa shape index (κ1) is 11.6. The van der Waals surface area contributed by atoms with Crippen LogP contribution < -0.4 is 4.74 Å². The molecule has 0 aliphatic carbocycles. The Labute approximate surface area is 101 Å². The zero-order chi connectivity index (χ0) is 12.1. The molecule has 0 bridgehead atoms. The van der Waals surface area contributed by atoms with E-state index in [0.29, 0.717) is 6.61 Å². The van der Waals surface area contributed by atoms with E-state index in [1.165, 1.54) is 0 Å². The molecule has 0 radical (unpaired) electrons. The molecule has 1 aromatic heterocycles. The average Bonchev–Trinajstić information content (AvgIpc) is 2.40. The fraction of sp³-hybridized carbons (Fsp3) is 0.214. The Morgan fingerprint density at radius 1 is 1.06 bits per heavy atom. The van der Waals surface area contributed by atoms with Crippen LogP contribution in [0, 0.1) is 0 Å². The maximum absolute atomic E-state index is 5.35. The summed E-state index contributed by atoms with van der Waals surface area (Å²) in [6, 6.07) is 11.8. The van der Waals surface area contributed by atoms with Crippen molar-refractivity contribution in [3.05, 3.63) is 48.2 Å². The normalized spacial score (nSPS) is 10.2. The summed E-state index contributed by atoms with van der Waals surface area (Å²) in [6.07, 6.45) is 1.78. The van der Waals surface area contributed by atoms with Crippen LogP contribution in [0.2, 0.25) is 0 Å². The third-order valence-corrected chi connectivity index (χ3v) is 2.55. The second-order valence-electron chi connectivity index (χ2n) is 3.64. The summed E-state index contributed by atoms with van der Waals surface area (Å²) in [5.41, 5.74) is 2.95. The van der Waals surface area contributed by atoms with Gasteiger partial charge in [0.1, 0.15) is 5.75 Å². The number of rotatable bonds is 4. The van der Waals surface area contributed by atoms with Gasteiger partial charge in [-0.1, -0.05) is 18.2 Å². The number of ether oxygens (including phenoxy) is 2. The lowest BCUT2D eigenvalue weighted by molar-refractivity contribution is 0.185. The number of hydrogen-bond acceptors (Lipinski definition) is 3. The Bertz CT molecular complexity index is 497. The average molecular weight is 229 g/mol. The SMILES string of the molecule is COCc1cccnc1-c1ccccc1OC. The molecular formula is C14H15NO2. The molecule has 3 nitrogen and oxygen atoms in total. The van der Waals surface area contributed by atoms with Crippen molar-refractivity contribution in [2.45, 2.75) is 6.61 Å². The zero-order valence-electron chi connectivity index (χ0n) is 10.0. The van der Waals surface area contributed by atoms with Crippen LogP contribution in [0.1, 0.15) is 5.56 Å². The van der Waals surface area contributed by atoms with E-state index in [0.717, 1.165) is 22.6 Å². The molecule has 0 unspecified atom stereocenters. The van der Waals surface area contributed by atoms with Crippen molar-refractivity contribution in [1.29, 1.82) is 0 Å². The molecule has 88 valence electrons. The molecule has 0 amide bonds. The quantitative estimate of drug-likeness (QED) is 0.807. The van der Waals surface area contributed by atoms with Crippen LogP contribution in [-0.4, -0.2) is 19.2 Å². The lowest BCUT2D eigenvalue weighted by atomic mass is 10.1. The van der Waals surface area contributed by atoms with Crippen LogP contribution in [0.15, 0.2) is 42.6 Å². The molecule has 17 heavy (non-hydrogen) atoms. The van der Waals surface area contributed by atoms with E-state index in [-0.39, 0.29) is 0 Å². The number of hydrogen-bond donors (Lipinski definition) is 0. The highest BCUT2D eigenvalue weighted by Gasteiger charge is 2.10. The van der Waals surface area contributed by atoms with Gasteiger partial charge in [0.25, 0.3) is 0 Å². The molecule has 0 N–H and O–H groups in total. The van der Waals surface area contributed by atoms with E-state index in [1.807, 2.05) is 36.4 Å². The number of benzene rings is 1. The third-order valence-electron chi connectivity index (χ3n) is 2.55. The summed E-state index contributed by atoms with van der Waals surface area (Å²) in [6.45, 7) is 0.543. The molecule has 3 heteroatoms. The second-order valence-corrected chi connectivity index (χ2v) is 3.64. The molecular weight excluding hydrogens is 214 g/mol. The monoisotopic (exact) mass is 229 g/mol.